The van der Waals surface area contributed by atoms with Crippen LogP contribution in [0.4, 0.5) is 13.2 Å². The molecule has 6 heteroatoms. The molecule has 19 heavy (non-hydrogen) atoms. The first-order valence-electron chi connectivity index (χ1n) is 6.21. The Kier molecular flexibility index (Phi) is 4.42. The summed E-state index contributed by atoms with van der Waals surface area (Å²) in [7, 11) is 0. The van der Waals surface area contributed by atoms with Crippen LogP contribution >= 0.6 is 0 Å². The highest BCUT2D eigenvalue weighted by Crippen LogP contribution is 2.15. The molecule has 2 N–H and O–H groups in total. The van der Waals surface area contributed by atoms with Crippen LogP contribution in [0, 0.1) is 23.4 Å². The molecule has 0 bridgehead atoms. The van der Waals surface area contributed by atoms with Crippen molar-refractivity contribution in [2.45, 2.75) is 12.8 Å². The third-order valence-corrected chi connectivity index (χ3v) is 3.23. The van der Waals surface area contributed by atoms with Crippen molar-refractivity contribution in [3.05, 3.63) is 35.1 Å². The zero-order valence-electron chi connectivity index (χ0n) is 10.3. The van der Waals surface area contributed by atoms with Gasteiger partial charge in [-0.2, -0.15) is 0 Å². The van der Waals surface area contributed by atoms with Crippen molar-refractivity contribution in [2.24, 2.45) is 5.92 Å². The Morgan fingerprint density at radius 1 is 1.32 bits per heavy atom. The van der Waals surface area contributed by atoms with E-state index >= 15 is 0 Å². The zero-order chi connectivity index (χ0) is 13.8. The summed E-state index contributed by atoms with van der Waals surface area (Å²) in [6, 6.07) is 0.998. The fourth-order valence-electron chi connectivity index (χ4n) is 2.20. The summed E-state index contributed by atoms with van der Waals surface area (Å²) in [5, 5.41) is 5.65. The maximum Gasteiger partial charge on any atom is 0.257 e. The number of benzene rings is 1. The van der Waals surface area contributed by atoms with E-state index in [1.165, 1.54) is 0 Å². The molecule has 1 saturated heterocycles. The molecular formula is C13H15F3N2O. The molecular weight excluding hydrogens is 257 g/mol. The molecule has 1 aliphatic rings. The van der Waals surface area contributed by atoms with Gasteiger partial charge >= 0.3 is 0 Å². The van der Waals surface area contributed by atoms with E-state index in [1.807, 2.05) is 0 Å². The van der Waals surface area contributed by atoms with Crippen LogP contribution in [0.2, 0.25) is 0 Å². The van der Waals surface area contributed by atoms with Crippen LogP contribution < -0.4 is 10.6 Å². The molecule has 1 amide bonds. The maximum absolute atomic E-state index is 13.3. The fraction of sp³-hybridized carbons (Fsp3) is 0.462. The first-order chi connectivity index (χ1) is 9.08. The zero-order valence-corrected chi connectivity index (χ0v) is 10.3. The molecule has 2 rings (SSSR count). The van der Waals surface area contributed by atoms with E-state index in [2.05, 4.69) is 10.6 Å². The van der Waals surface area contributed by atoms with Crippen molar-refractivity contribution in [1.29, 1.82) is 0 Å². The van der Waals surface area contributed by atoms with Crippen LogP contribution in [0.3, 0.4) is 0 Å². The van der Waals surface area contributed by atoms with Crippen LogP contribution in [0.5, 0.6) is 0 Å². The third kappa shape index (κ3) is 3.47. The highest BCUT2D eigenvalue weighted by atomic mass is 19.1. The molecule has 1 fully saturated rings. The predicted molar refractivity (Wildman–Crippen MR) is 64.2 cm³/mol. The van der Waals surface area contributed by atoms with Gasteiger partial charge in [0.1, 0.15) is 23.0 Å². The maximum atomic E-state index is 13.3. The minimum atomic E-state index is -1.18. The smallest absolute Gasteiger partial charge is 0.257 e. The molecule has 0 saturated carbocycles. The fourth-order valence-corrected chi connectivity index (χ4v) is 2.20. The standard InChI is InChI=1S/C13H15F3N2O/c14-9-5-10(15)12(11(16)6-9)13(19)18-4-2-8-1-3-17-7-8/h5-6,8,17H,1-4,7H2,(H,18,19). The summed E-state index contributed by atoms with van der Waals surface area (Å²) in [6.07, 6.45) is 1.79. The van der Waals surface area contributed by atoms with Crippen molar-refractivity contribution in [3.8, 4) is 0 Å². The Morgan fingerprint density at radius 3 is 2.58 bits per heavy atom. The number of nitrogens with one attached hydrogen (secondary N) is 2. The molecule has 1 aromatic rings. The van der Waals surface area contributed by atoms with Gasteiger partial charge in [-0.1, -0.05) is 0 Å². The van der Waals surface area contributed by atoms with E-state index in [0.717, 1.165) is 25.9 Å². The van der Waals surface area contributed by atoms with E-state index in [9.17, 15) is 18.0 Å². The second-order valence-corrected chi connectivity index (χ2v) is 4.65. The summed E-state index contributed by atoms with van der Waals surface area (Å²) in [5.74, 6) is -3.78. The third-order valence-electron chi connectivity index (χ3n) is 3.23. The van der Waals surface area contributed by atoms with Gasteiger partial charge in [-0.25, -0.2) is 13.2 Å². The van der Waals surface area contributed by atoms with Gasteiger partial charge in [-0.15, -0.1) is 0 Å². The number of amides is 1. The highest BCUT2D eigenvalue weighted by Gasteiger charge is 2.19. The predicted octanol–water partition coefficient (Wildman–Crippen LogP) is 1.83. The monoisotopic (exact) mass is 272 g/mol. The summed E-state index contributed by atoms with van der Waals surface area (Å²) in [5.41, 5.74) is -0.731. The largest absolute Gasteiger partial charge is 0.352 e. The Hall–Kier alpha value is -1.56. The van der Waals surface area contributed by atoms with Crippen molar-refractivity contribution in [2.75, 3.05) is 19.6 Å². The molecule has 0 aliphatic carbocycles. The lowest BCUT2D eigenvalue weighted by Crippen LogP contribution is -2.28. The molecule has 0 radical (unpaired) electrons. The molecule has 0 spiro atoms. The van der Waals surface area contributed by atoms with Gasteiger partial charge in [0.15, 0.2) is 0 Å². The van der Waals surface area contributed by atoms with Crippen molar-refractivity contribution < 1.29 is 18.0 Å². The van der Waals surface area contributed by atoms with Crippen molar-refractivity contribution in [1.82, 2.24) is 10.6 Å². The molecule has 1 aliphatic heterocycles. The summed E-state index contributed by atoms with van der Waals surface area (Å²) in [4.78, 5) is 11.6. The van der Waals surface area contributed by atoms with E-state index in [1.54, 1.807) is 0 Å². The number of carbonyl (C=O) groups excluding carboxylic acids is 1. The highest BCUT2D eigenvalue weighted by molar-refractivity contribution is 5.94. The molecule has 0 aromatic heterocycles. The lowest BCUT2D eigenvalue weighted by Gasteiger charge is -2.10. The average molecular weight is 272 g/mol. The number of carbonyl (C=O) groups is 1. The van der Waals surface area contributed by atoms with Gasteiger partial charge in [0.2, 0.25) is 0 Å². The Bertz CT molecular complexity index is 450. The summed E-state index contributed by atoms with van der Waals surface area (Å²) < 4.78 is 39.4. The van der Waals surface area contributed by atoms with Gasteiger partial charge < -0.3 is 10.6 Å². The van der Waals surface area contributed by atoms with E-state index in [0.29, 0.717) is 24.6 Å². The lowest BCUT2D eigenvalue weighted by atomic mass is 10.1. The van der Waals surface area contributed by atoms with Crippen molar-refractivity contribution >= 4 is 5.91 Å². The molecule has 1 heterocycles. The quantitative estimate of drug-likeness (QED) is 0.878. The Morgan fingerprint density at radius 2 is 2.00 bits per heavy atom. The second-order valence-electron chi connectivity index (χ2n) is 4.65. The average Bonchev–Trinajstić information content (AvgIpc) is 2.80. The van der Waals surface area contributed by atoms with Gasteiger partial charge in [0.25, 0.3) is 5.91 Å². The number of hydrogen-bond acceptors (Lipinski definition) is 2. The van der Waals surface area contributed by atoms with Gasteiger partial charge in [-0.3, -0.25) is 4.79 Å². The molecule has 104 valence electrons. The van der Waals surface area contributed by atoms with Crippen LogP contribution in [0.15, 0.2) is 12.1 Å². The number of hydrogen-bond donors (Lipinski definition) is 2. The molecule has 3 nitrogen and oxygen atoms in total. The normalized spacial score (nSPS) is 18.6. The first kappa shape index (κ1) is 13.9. The van der Waals surface area contributed by atoms with E-state index in [4.69, 9.17) is 0 Å². The number of halogens is 3. The van der Waals surface area contributed by atoms with Crippen LogP contribution in [-0.4, -0.2) is 25.5 Å². The molecule has 1 atom stereocenters. The van der Waals surface area contributed by atoms with Crippen LogP contribution in [0.25, 0.3) is 0 Å². The Balaban J connectivity index is 1.92. The van der Waals surface area contributed by atoms with Crippen LogP contribution in [0.1, 0.15) is 23.2 Å². The van der Waals surface area contributed by atoms with Crippen molar-refractivity contribution in [3.63, 3.8) is 0 Å². The lowest BCUT2D eigenvalue weighted by molar-refractivity contribution is 0.0943. The minimum Gasteiger partial charge on any atom is -0.352 e. The van der Waals surface area contributed by atoms with Crippen LogP contribution in [-0.2, 0) is 0 Å². The molecule has 1 aromatic carbocycles. The Labute approximate surface area is 109 Å². The van der Waals surface area contributed by atoms with E-state index < -0.39 is 28.9 Å². The summed E-state index contributed by atoms with van der Waals surface area (Å²) in [6.45, 7) is 2.20. The van der Waals surface area contributed by atoms with Gasteiger partial charge in [0.05, 0.1) is 0 Å². The van der Waals surface area contributed by atoms with Gasteiger partial charge in [-0.05, 0) is 31.8 Å². The SMILES string of the molecule is O=C(NCCC1CCNC1)c1c(F)cc(F)cc1F. The first-order valence-corrected chi connectivity index (χ1v) is 6.21. The number of rotatable bonds is 4. The minimum absolute atomic E-state index is 0.349. The van der Waals surface area contributed by atoms with Gasteiger partial charge in [0, 0.05) is 18.7 Å². The second kappa shape index (κ2) is 6.06. The summed E-state index contributed by atoms with van der Waals surface area (Å²) >= 11 is 0. The van der Waals surface area contributed by atoms with E-state index in [-0.39, 0.29) is 0 Å². The molecule has 1 unspecified atom stereocenters. The topological polar surface area (TPSA) is 41.1 Å².